The Labute approximate surface area is 120 Å². The predicted octanol–water partition coefficient (Wildman–Crippen LogP) is 1.98. The average molecular weight is 454 g/mol. The Kier molecular flexibility index (Phi) is 3.70. The number of nitrogens with zero attached hydrogens (tertiary/aromatic N) is 1. The number of benzene rings is 2. The van der Waals surface area contributed by atoms with E-state index in [9.17, 15) is 0 Å². The second kappa shape index (κ2) is 5.29. The van der Waals surface area contributed by atoms with E-state index < -0.39 is 20.6 Å². The molecule has 0 aliphatic carbocycles. The minimum atomic E-state index is -2.25. The molecule has 0 atom stereocenters. The Morgan fingerprint density at radius 3 is 1.83 bits per heavy atom. The number of hydrogen-bond acceptors (Lipinski definition) is 1. The van der Waals surface area contributed by atoms with Gasteiger partial charge in [0.2, 0.25) is 0 Å². The molecule has 0 amide bonds. The van der Waals surface area contributed by atoms with Crippen molar-refractivity contribution in [3.63, 3.8) is 0 Å². The summed E-state index contributed by atoms with van der Waals surface area (Å²) >= 11 is -2.25. The van der Waals surface area contributed by atoms with Gasteiger partial charge in [0.05, 0.1) is 0 Å². The van der Waals surface area contributed by atoms with Gasteiger partial charge in [-0.25, -0.2) is 0 Å². The van der Waals surface area contributed by atoms with Crippen molar-refractivity contribution >= 4 is 35.6 Å². The zero-order valence-electron chi connectivity index (χ0n) is 10.3. The molecule has 1 aliphatic rings. The molecule has 0 saturated carbocycles. The fraction of sp³-hybridized carbons (Fsp3) is 0.200. The Balaban J connectivity index is 2.17. The van der Waals surface area contributed by atoms with E-state index in [1.165, 1.54) is 17.7 Å². The van der Waals surface area contributed by atoms with Gasteiger partial charge >= 0.3 is 120 Å². The van der Waals surface area contributed by atoms with Crippen LogP contribution in [0, 0.1) is 0 Å². The summed E-state index contributed by atoms with van der Waals surface area (Å²) in [4.78, 5) is 2.37. The third kappa shape index (κ3) is 2.34. The molecule has 1 aliphatic heterocycles. The van der Waals surface area contributed by atoms with Crippen molar-refractivity contribution in [2.24, 2.45) is 0 Å². The van der Waals surface area contributed by atoms with Crippen molar-refractivity contribution in [1.29, 1.82) is 0 Å². The van der Waals surface area contributed by atoms with Crippen LogP contribution >= 0.6 is 8.51 Å². The molecule has 1 nitrogen and oxygen atoms in total. The SMILES string of the molecule is CN1Cc2cccc[c]2[Bi]([Cl])[c]2ccccc2C1. The Morgan fingerprint density at radius 2 is 1.33 bits per heavy atom. The summed E-state index contributed by atoms with van der Waals surface area (Å²) in [5.74, 6) is 0. The molecule has 0 aromatic heterocycles. The van der Waals surface area contributed by atoms with Gasteiger partial charge in [0.25, 0.3) is 0 Å². The maximum absolute atomic E-state index is 6.89. The first-order valence-electron chi connectivity index (χ1n) is 6.06. The van der Waals surface area contributed by atoms with E-state index in [1.807, 2.05) is 0 Å². The Bertz CT molecular complexity index is 520. The molecular weight excluding hydrogens is 439 g/mol. The predicted molar refractivity (Wildman–Crippen MR) is 78.9 cm³/mol. The van der Waals surface area contributed by atoms with E-state index in [1.54, 1.807) is 0 Å². The van der Waals surface area contributed by atoms with Crippen LogP contribution in [0.4, 0.5) is 0 Å². The van der Waals surface area contributed by atoms with E-state index in [0.29, 0.717) is 0 Å². The van der Waals surface area contributed by atoms with Gasteiger partial charge in [-0.05, 0) is 0 Å². The molecule has 0 bridgehead atoms. The van der Waals surface area contributed by atoms with Crippen molar-refractivity contribution in [3.8, 4) is 0 Å². The molecule has 2 aromatic carbocycles. The van der Waals surface area contributed by atoms with Crippen molar-refractivity contribution < 1.29 is 0 Å². The molecule has 0 spiro atoms. The van der Waals surface area contributed by atoms with Crippen LogP contribution in [0.2, 0.25) is 0 Å². The summed E-state index contributed by atoms with van der Waals surface area (Å²) in [6, 6.07) is 17.4. The molecular formula is C15H15BiClN. The molecule has 0 N–H and O–H groups in total. The summed E-state index contributed by atoms with van der Waals surface area (Å²) in [5.41, 5.74) is 2.84. The van der Waals surface area contributed by atoms with Crippen LogP contribution in [-0.4, -0.2) is 32.5 Å². The van der Waals surface area contributed by atoms with Gasteiger partial charge in [-0.3, -0.25) is 0 Å². The van der Waals surface area contributed by atoms with Gasteiger partial charge in [0, 0.05) is 0 Å². The first-order valence-corrected chi connectivity index (χ1v) is 13.8. The Hall–Kier alpha value is -0.427. The van der Waals surface area contributed by atoms with Crippen LogP contribution in [0.1, 0.15) is 11.1 Å². The van der Waals surface area contributed by atoms with Crippen LogP contribution < -0.4 is 6.54 Å². The average Bonchev–Trinajstić information content (AvgIpc) is 2.38. The number of hydrogen-bond donors (Lipinski definition) is 0. The third-order valence-electron chi connectivity index (χ3n) is 3.29. The summed E-state index contributed by atoms with van der Waals surface area (Å²) in [6.45, 7) is 2.01. The first-order chi connectivity index (χ1) is 8.75. The molecule has 2 aromatic rings. The molecule has 18 heavy (non-hydrogen) atoms. The normalized spacial score (nSPS) is 16.6. The fourth-order valence-electron chi connectivity index (χ4n) is 2.44. The minimum absolute atomic E-state index is 1.00. The van der Waals surface area contributed by atoms with E-state index in [-0.39, 0.29) is 0 Å². The van der Waals surface area contributed by atoms with Crippen LogP contribution in [0.25, 0.3) is 0 Å². The molecule has 92 valence electrons. The second-order valence-electron chi connectivity index (χ2n) is 4.71. The van der Waals surface area contributed by atoms with Gasteiger partial charge in [0.1, 0.15) is 0 Å². The van der Waals surface area contributed by atoms with Crippen molar-refractivity contribution in [3.05, 3.63) is 59.7 Å². The van der Waals surface area contributed by atoms with Gasteiger partial charge < -0.3 is 0 Å². The van der Waals surface area contributed by atoms with Crippen molar-refractivity contribution in [2.75, 3.05) is 7.05 Å². The standard InChI is InChI=1S/C15H15N.Bi.ClH/c1-16(12-14-8-4-2-5-9-14)13-15-10-6-3-7-11-15;;/h2-8,10H,12-13H2,1H3;;1H/q;+1;/p-1. The van der Waals surface area contributed by atoms with E-state index >= 15 is 0 Å². The van der Waals surface area contributed by atoms with Gasteiger partial charge in [0.15, 0.2) is 0 Å². The van der Waals surface area contributed by atoms with Crippen molar-refractivity contribution in [2.45, 2.75) is 13.1 Å². The molecule has 0 radical (unpaired) electrons. The van der Waals surface area contributed by atoms with E-state index in [2.05, 4.69) is 60.5 Å². The Morgan fingerprint density at radius 1 is 0.889 bits per heavy atom. The summed E-state index contributed by atoms with van der Waals surface area (Å²) in [7, 11) is 9.07. The zero-order chi connectivity index (χ0) is 12.5. The monoisotopic (exact) mass is 453 g/mol. The summed E-state index contributed by atoms with van der Waals surface area (Å²) in [6.07, 6.45) is 0. The van der Waals surface area contributed by atoms with Crippen molar-refractivity contribution in [1.82, 2.24) is 4.90 Å². The number of rotatable bonds is 0. The third-order valence-corrected chi connectivity index (χ3v) is 13.2. The maximum atomic E-state index is 6.89. The first kappa shape index (κ1) is 12.6. The molecule has 3 heteroatoms. The quantitative estimate of drug-likeness (QED) is 0.552. The van der Waals surface area contributed by atoms with Crippen LogP contribution in [0.3, 0.4) is 0 Å². The van der Waals surface area contributed by atoms with Crippen LogP contribution in [0.5, 0.6) is 0 Å². The molecule has 1 heterocycles. The van der Waals surface area contributed by atoms with Crippen LogP contribution in [-0.2, 0) is 13.1 Å². The summed E-state index contributed by atoms with van der Waals surface area (Å²) in [5, 5.41) is 0. The summed E-state index contributed by atoms with van der Waals surface area (Å²) < 4.78 is 2.88. The fourth-order valence-corrected chi connectivity index (χ4v) is 11.1. The zero-order valence-corrected chi connectivity index (χ0v) is 14.5. The molecule has 3 rings (SSSR count). The molecule has 0 saturated heterocycles. The number of fused-ring (bicyclic) bond motifs is 2. The van der Waals surface area contributed by atoms with E-state index in [4.69, 9.17) is 8.51 Å². The topological polar surface area (TPSA) is 3.24 Å². The molecule has 0 unspecified atom stereocenters. The van der Waals surface area contributed by atoms with Gasteiger partial charge in [-0.15, -0.1) is 0 Å². The van der Waals surface area contributed by atoms with E-state index in [0.717, 1.165) is 13.1 Å². The molecule has 0 fully saturated rings. The second-order valence-corrected chi connectivity index (χ2v) is 13.6. The number of halogens is 1. The van der Waals surface area contributed by atoms with Gasteiger partial charge in [-0.1, -0.05) is 0 Å². The van der Waals surface area contributed by atoms with Crippen LogP contribution in [0.15, 0.2) is 48.5 Å². The van der Waals surface area contributed by atoms with Gasteiger partial charge in [-0.2, -0.15) is 0 Å².